The zero-order valence-corrected chi connectivity index (χ0v) is 28.7. The van der Waals surface area contributed by atoms with Crippen LogP contribution in [0.15, 0.2) is 54.8 Å². The van der Waals surface area contributed by atoms with Gasteiger partial charge in [0.15, 0.2) is 0 Å². The number of hydrogen-bond acceptors (Lipinski definition) is 6. The number of aryl methyl sites for hydroxylation is 1. The molecule has 1 N–H and O–H groups in total. The standard InChI is InChI=1S/C39H47N3O6/c1-6-47-38-34(39(44)45)21-40-42(38)35-12-8-10-32(25(3)26(35)4)33-11-7-9-24(2)36(33)48-23-30-14-13-29-22-41(18-15-31(29)27(30)5)37(43)28-16-19-46-20-17-28/h7-14,21,25-26,28,32H,6,15-20,22-23H2,1-5H3,(H,44,45). The van der Waals surface area contributed by atoms with Gasteiger partial charge in [-0.1, -0.05) is 56.3 Å². The van der Waals surface area contributed by atoms with Gasteiger partial charge >= 0.3 is 5.97 Å². The maximum Gasteiger partial charge on any atom is 0.342 e. The zero-order valence-electron chi connectivity index (χ0n) is 28.7. The first-order valence-electron chi connectivity index (χ1n) is 17.2. The number of aromatic nitrogens is 2. The molecular weight excluding hydrogens is 606 g/mol. The van der Waals surface area contributed by atoms with Gasteiger partial charge in [0, 0.05) is 55.3 Å². The lowest BCUT2D eigenvalue weighted by Gasteiger charge is -2.34. The summed E-state index contributed by atoms with van der Waals surface area (Å²) in [5.41, 5.74) is 8.10. The van der Waals surface area contributed by atoms with Crippen LogP contribution in [0.25, 0.3) is 5.70 Å². The molecule has 1 fully saturated rings. The maximum absolute atomic E-state index is 13.2. The summed E-state index contributed by atoms with van der Waals surface area (Å²) >= 11 is 0. The van der Waals surface area contributed by atoms with E-state index in [9.17, 15) is 14.7 Å². The fourth-order valence-corrected chi connectivity index (χ4v) is 7.50. The Labute approximate surface area is 283 Å². The number of hydrogen-bond donors (Lipinski definition) is 1. The molecule has 254 valence electrons. The predicted octanol–water partition coefficient (Wildman–Crippen LogP) is 6.95. The van der Waals surface area contributed by atoms with Gasteiger partial charge in [0.1, 0.15) is 17.9 Å². The lowest BCUT2D eigenvalue weighted by atomic mass is 9.78. The topological polar surface area (TPSA) is 103 Å². The molecule has 3 atom stereocenters. The number of fused-ring (bicyclic) bond motifs is 1. The second kappa shape index (κ2) is 14.4. The number of benzene rings is 2. The maximum atomic E-state index is 13.2. The van der Waals surface area contributed by atoms with Crippen LogP contribution in [0, 0.1) is 31.6 Å². The summed E-state index contributed by atoms with van der Waals surface area (Å²) in [5, 5.41) is 14.1. The molecule has 2 aliphatic heterocycles. The summed E-state index contributed by atoms with van der Waals surface area (Å²) in [7, 11) is 0. The fourth-order valence-electron chi connectivity index (χ4n) is 7.50. The first kappa shape index (κ1) is 33.5. The van der Waals surface area contributed by atoms with Crippen molar-refractivity contribution in [3.8, 4) is 11.6 Å². The van der Waals surface area contributed by atoms with Crippen molar-refractivity contribution in [2.24, 2.45) is 17.8 Å². The molecule has 0 saturated carbocycles. The van der Waals surface area contributed by atoms with Crippen LogP contribution in [-0.4, -0.2) is 58.0 Å². The summed E-state index contributed by atoms with van der Waals surface area (Å²) in [4.78, 5) is 27.1. The number of carbonyl (C=O) groups is 2. The van der Waals surface area contributed by atoms with Gasteiger partial charge in [-0.15, -0.1) is 0 Å². The molecule has 0 spiro atoms. The molecule has 0 bridgehead atoms. The van der Waals surface area contributed by atoms with E-state index in [0.717, 1.165) is 53.9 Å². The number of carboxylic acids is 1. The van der Waals surface area contributed by atoms with Gasteiger partial charge in [-0.2, -0.15) is 5.10 Å². The van der Waals surface area contributed by atoms with Gasteiger partial charge < -0.3 is 24.2 Å². The summed E-state index contributed by atoms with van der Waals surface area (Å²) in [6.45, 7) is 14.0. The Hall–Kier alpha value is -4.37. The minimum Gasteiger partial charge on any atom is -0.488 e. The van der Waals surface area contributed by atoms with Crippen molar-refractivity contribution < 1.29 is 28.9 Å². The van der Waals surface area contributed by atoms with Crippen LogP contribution in [0.2, 0.25) is 0 Å². The molecule has 9 nitrogen and oxygen atoms in total. The van der Waals surface area contributed by atoms with Gasteiger partial charge in [-0.05, 0) is 79.8 Å². The highest BCUT2D eigenvalue weighted by Crippen LogP contribution is 2.43. The first-order valence-corrected chi connectivity index (χ1v) is 17.2. The number of nitrogens with zero attached hydrogens (tertiary/aromatic N) is 3. The Kier molecular flexibility index (Phi) is 10.1. The van der Waals surface area contributed by atoms with E-state index in [1.54, 1.807) is 4.68 Å². The van der Waals surface area contributed by atoms with Crippen LogP contribution in [0.5, 0.6) is 11.6 Å². The van der Waals surface area contributed by atoms with Gasteiger partial charge in [-0.3, -0.25) is 4.79 Å². The number of allylic oxidation sites excluding steroid dienone is 4. The van der Waals surface area contributed by atoms with Gasteiger partial charge in [0.25, 0.3) is 0 Å². The first-order chi connectivity index (χ1) is 23.2. The third kappa shape index (κ3) is 6.52. The molecule has 1 aliphatic carbocycles. The van der Waals surface area contributed by atoms with Crippen molar-refractivity contribution in [3.63, 3.8) is 0 Å². The number of ether oxygens (including phenoxy) is 3. The molecule has 3 heterocycles. The SMILES string of the molecule is CCOc1c(C(=O)O)cnn1C1=CC=CC(c2cccc(C)c2OCc2ccc3c(c2C)CCN(C(=O)C2CCOCC2)C3)C(C)C1C. The molecular formula is C39H47N3O6. The average molecular weight is 654 g/mol. The van der Waals surface area contributed by atoms with Crippen molar-refractivity contribution in [2.45, 2.75) is 73.0 Å². The fraction of sp³-hybridized carbons (Fsp3) is 0.462. The molecule has 3 aromatic rings. The van der Waals surface area contributed by atoms with E-state index < -0.39 is 5.97 Å². The molecule has 1 saturated heterocycles. The third-order valence-corrected chi connectivity index (χ3v) is 10.5. The smallest absolute Gasteiger partial charge is 0.342 e. The number of carboxylic acid groups (broad SMARTS) is 1. The average Bonchev–Trinajstić information content (AvgIpc) is 3.45. The summed E-state index contributed by atoms with van der Waals surface area (Å²) < 4.78 is 19.6. The third-order valence-electron chi connectivity index (χ3n) is 10.5. The Morgan fingerprint density at radius 2 is 1.88 bits per heavy atom. The number of aromatic carboxylic acids is 1. The van der Waals surface area contributed by atoms with Crippen LogP contribution in [0.4, 0.5) is 0 Å². The van der Waals surface area contributed by atoms with E-state index >= 15 is 0 Å². The Bertz CT molecular complexity index is 1730. The summed E-state index contributed by atoms with van der Waals surface area (Å²) in [6, 6.07) is 10.7. The lowest BCUT2D eigenvalue weighted by molar-refractivity contribution is -0.139. The molecule has 0 radical (unpaired) electrons. The zero-order chi connectivity index (χ0) is 33.9. The largest absolute Gasteiger partial charge is 0.488 e. The molecule has 1 aromatic heterocycles. The van der Waals surface area contributed by atoms with Crippen molar-refractivity contribution >= 4 is 17.6 Å². The Morgan fingerprint density at radius 3 is 2.62 bits per heavy atom. The van der Waals surface area contributed by atoms with Crippen LogP contribution >= 0.6 is 0 Å². The van der Waals surface area contributed by atoms with E-state index in [0.29, 0.717) is 33.0 Å². The predicted molar refractivity (Wildman–Crippen MR) is 184 cm³/mol. The van der Waals surface area contributed by atoms with Crippen molar-refractivity contribution in [1.29, 1.82) is 0 Å². The van der Waals surface area contributed by atoms with E-state index in [1.165, 1.54) is 22.9 Å². The van der Waals surface area contributed by atoms with E-state index in [2.05, 4.69) is 69.2 Å². The Morgan fingerprint density at radius 1 is 1.08 bits per heavy atom. The Balaban J connectivity index is 1.19. The van der Waals surface area contributed by atoms with E-state index in [1.807, 2.05) is 24.0 Å². The van der Waals surface area contributed by atoms with Crippen LogP contribution < -0.4 is 9.47 Å². The number of rotatable bonds is 9. The highest BCUT2D eigenvalue weighted by atomic mass is 16.5. The molecule has 3 aliphatic rings. The summed E-state index contributed by atoms with van der Waals surface area (Å²) in [5.74, 6) is 0.649. The van der Waals surface area contributed by atoms with E-state index in [-0.39, 0.29) is 41.0 Å². The number of amides is 1. The second-order valence-corrected chi connectivity index (χ2v) is 13.3. The van der Waals surface area contributed by atoms with Crippen molar-refractivity contribution in [1.82, 2.24) is 14.7 Å². The molecule has 3 unspecified atom stereocenters. The quantitative estimate of drug-likeness (QED) is 0.267. The molecule has 2 aromatic carbocycles. The van der Waals surface area contributed by atoms with E-state index in [4.69, 9.17) is 14.2 Å². The van der Waals surface area contributed by atoms with Gasteiger partial charge in [0.2, 0.25) is 11.8 Å². The number of para-hydroxylation sites is 1. The molecule has 9 heteroatoms. The van der Waals surface area contributed by atoms with Crippen LogP contribution in [-0.2, 0) is 29.1 Å². The number of carbonyl (C=O) groups excluding carboxylic acids is 1. The summed E-state index contributed by atoms with van der Waals surface area (Å²) in [6.07, 6.45) is 10.1. The van der Waals surface area contributed by atoms with Gasteiger partial charge in [0.05, 0.1) is 12.8 Å². The lowest BCUT2D eigenvalue weighted by Crippen LogP contribution is -2.41. The van der Waals surface area contributed by atoms with Gasteiger partial charge in [-0.25, -0.2) is 9.48 Å². The molecule has 1 amide bonds. The monoisotopic (exact) mass is 653 g/mol. The van der Waals surface area contributed by atoms with Crippen molar-refractivity contribution in [2.75, 3.05) is 26.4 Å². The molecule has 6 rings (SSSR count). The normalized spacial score (nSPS) is 21.3. The highest BCUT2D eigenvalue weighted by molar-refractivity contribution is 5.90. The highest BCUT2D eigenvalue weighted by Gasteiger charge is 2.33. The molecule has 48 heavy (non-hydrogen) atoms. The minimum atomic E-state index is -1.06. The van der Waals surface area contributed by atoms with Crippen molar-refractivity contribution in [3.05, 3.63) is 93.7 Å². The van der Waals surface area contributed by atoms with Crippen LogP contribution in [0.1, 0.15) is 83.3 Å². The minimum absolute atomic E-state index is 0.0277. The van der Waals surface area contributed by atoms with Crippen LogP contribution in [0.3, 0.4) is 0 Å². The second-order valence-electron chi connectivity index (χ2n) is 13.3.